The number of H-pyrrole nitrogens is 1. The van der Waals surface area contributed by atoms with Gasteiger partial charge in [-0.25, -0.2) is 4.39 Å². The fraction of sp³-hybridized carbons (Fsp3) is 0.273. The number of alkyl halides is 3. The Balaban J connectivity index is 2.70. The van der Waals surface area contributed by atoms with Crippen LogP contribution in [0.2, 0.25) is 0 Å². The molecule has 1 aromatic carbocycles. The highest BCUT2D eigenvalue weighted by Crippen LogP contribution is 2.35. The van der Waals surface area contributed by atoms with E-state index in [4.69, 9.17) is 0 Å². The summed E-state index contributed by atoms with van der Waals surface area (Å²) < 4.78 is 51.2. The van der Waals surface area contributed by atoms with Gasteiger partial charge in [-0.2, -0.15) is 13.2 Å². The van der Waals surface area contributed by atoms with Gasteiger partial charge in [0.2, 0.25) is 0 Å². The SMILES string of the molecule is CNCc1c(C(F)(F)F)[nH]c2cc(F)ccc12. The van der Waals surface area contributed by atoms with Crippen molar-refractivity contribution < 1.29 is 17.6 Å². The number of fused-ring (bicyclic) bond motifs is 1. The Labute approximate surface area is 94.6 Å². The predicted octanol–water partition coefficient (Wildman–Crippen LogP) is 3.05. The molecule has 0 unspecified atom stereocenters. The molecule has 2 rings (SSSR count). The van der Waals surface area contributed by atoms with Gasteiger partial charge >= 0.3 is 6.18 Å². The van der Waals surface area contributed by atoms with E-state index < -0.39 is 17.7 Å². The van der Waals surface area contributed by atoms with Gasteiger partial charge in [-0.15, -0.1) is 0 Å². The lowest BCUT2D eigenvalue weighted by atomic mass is 10.1. The van der Waals surface area contributed by atoms with Crippen LogP contribution in [0, 0.1) is 5.82 Å². The number of aromatic amines is 1. The van der Waals surface area contributed by atoms with E-state index in [0.717, 1.165) is 12.1 Å². The van der Waals surface area contributed by atoms with Crippen molar-refractivity contribution in [1.29, 1.82) is 0 Å². The van der Waals surface area contributed by atoms with Crippen LogP contribution in [0.1, 0.15) is 11.3 Å². The number of nitrogens with one attached hydrogen (secondary N) is 2. The van der Waals surface area contributed by atoms with Crippen LogP contribution in [0.3, 0.4) is 0 Å². The Morgan fingerprint density at radius 2 is 2.00 bits per heavy atom. The molecule has 0 saturated carbocycles. The van der Waals surface area contributed by atoms with Gasteiger partial charge in [0, 0.05) is 23.0 Å². The highest BCUT2D eigenvalue weighted by Gasteiger charge is 2.36. The lowest BCUT2D eigenvalue weighted by Crippen LogP contribution is -2.13. The number of hydrogen-bond donors (Lipinski definition) is 2. The highest BCUT2D eigenvalue weighted by atomic mass is 19.4. The average Bonchev–Trinajstić information content (AvgIpc) is 2.56. The van der Waals surface area contributed by atoms with Crippen molar-refractivity contribution in [2.45, 2.75) is 12.7 Å². The van der Waals surface area contributed by atoms with E-state index >= 15 is 0 Å². The molecule has 1 aromatic heterocycles. The highest BCUT2D eigenvalue weighted by molar-refractivity contribution is 5.84. The first-order valence-corrected chi connectivity index (χ1v) is 4.95. The first-order chi connectivity index (χ1) is 7.93. The van der Waals surface area contributed by atoms with Gasteiger partial charge in [0.15, 0.2) is 0 Å². The second kappa shape index (κ2) is 4.03. The molecule has 2 aromatic rings. The summed E-state index contributed by atoms with van der Waals surface area (Å²) in [7, 11) is 1.56. The quantitative estimate of drug-likeness (QED) is 0.783. The van der Waals surface area contributed by atoms with Crippen molar-refractivity contribution in [2.75, 3.05) is 7.05 Å². The summed E-state index contributed by atoms with van der Waals surface area (Å²) in [5.41, 5.74) is -0.565. The Bertz CT molecular complexity index is 542. The maximum absolute atomic E-state index is 12.9. The largest absolute Gasteiger partial charge is 0.431 e. The Morgan fingerprint density at radius 1 is 1.29 bits per heavy atom. The van der Waals surface area contributed by atoms with E-state index in [1.807, 2.05) is 0 Å². The zero-order chi connectivity index (χ0) is 12.6. The summed E-state index contributed by atoms with van der Waals surface area (Å²) in [6.45, 7) is 0.0699. The third-order valence-corrected chi connectivity index (χ3v) is 2.51. The molecule has 17 heavy (non-hydrogen) atoms. The Morgan fingerprint density at radius 3 is 2.59 bits per heavy atom. The van der Waals surface area contributed by atoms with E-state index in [2.05, 4.69) is 10.3 Å². The molecule has 2 N–H and O–H groups in total. The van der Waals surface area contributed by atoms with Gasteiger partial charge in [-0.3, -0.25) is 0 Å². The standard InChI is InChI=1S/C11H10F4N2/c1-16-5-8-7-3-2-6(12)4-9(7)17-10(8)11(13,14)15/h2-4,16-17H,5H2,1H3. The van der Waals surface area contributed by atoms with Crippen LogP contribution in [0.5, 0.6) is 0 Å². The molecule has 0 aliphatic heterocycles. The molecule has 0 aliphatic rings. The molecule has 0 amide bonds. The molecule has 0 radical (unpaired) electrons. The number of aromatic nitrogens is 1. The molecule has 0 bridgehead atoms. The molecule has 0 spiro atoms. The van der Waals surface area contributed by atoms with Crippen molar-refractivity contribution >= 4 is 10.9 Å². The van der Waals surface area contributed by atoms with Crippen molar-refractivity contribution in [3.05, 3.63) is 35.3 Å². The molecule has 0 saturated heterocycles. The minimum Gasteiger partial charge on any atom is -0.351 e. The minimum atomic E-state index is -4.47. The number of halogens is 4. The Hall–Kier alpha value is -1.56. The first-order valence-electron chi connectivity index (χ1n) is 4.95. The lowest BCUT2D eigenvalue weighted by Gasteiger charge is -2.07. The fourth-order valence-corrected chi connectivity index (χ4v) is 1.83. The van der Waals surface area contributed by atoms with Gasteiger partial charge in [-0.1, -0.05) is 0 Å². The third-order valence-electron chi connectivity index (χ3n) is 2.51. The molecule has 0 aliphatic carbocycles. The fourth-order valence-electron chi connectivity index (χ4n) is 1.83. The maximum atomic E-state index is 12.9. The van der Waals surface area contributed by atoms with Crippen LogP contribution in [-0.2, 0) is 12.7 Å². The summed E-state index contributed by atoms with van der Waals surface area (Å²) in [6.07, 6.45) is -4.47. The van der Waals surface area contributed by atoms with E-state index in [1.54, 1.807) is 7.05 Å². The van der Waals surface area contributed by atoms with E-state index in [9.17, 15) is 17.6 Å². The van der Waals surface area contributed by atoms with Crippen LogP contribution in [0.4, 0.5) is 17.6 Å². The smallest absolute Gasteiger partial charge is 0.351 e. The van der Waals surface area contributed by atoms with E-state index in [-0.39, 0.29) is 17.6 Å². The van der Waals surface area contributed by atoms with Crippen molar-refractivity contribution in [2.24, 2.45) is 0 Å². The van der Waals surface area contributed by atoms with Crippen molar-refractivity contribution in [3.8, 4) is 0 Å². The lowest BCUT2D eigenvalue weighted by molar-refractivity contribution is -0.141. The molecule has 1 heterocycles. The molecule has 6 heteroatoms. The molecule has 0 fully saturated rings. The van der Waals surface area contributed by atoms with E-state index in [1.165, 1.54) is 6.07 Å². The first kappa shape index (κ1) is 11.9. The zero-order valence-electron chi connectivity index (χ0n) is 8.95. The molecule has 2 nitrogen and oxygen atoms in total. The second-order valence-corrected chi connectivity index (χ2v) is 3.70. The number of benzene rings is 1. The number of rotatable bonds is 2. The van der Waals surface area contributed by atoms with E-state index in [0.29, 0.717) is 5.39 Å². The molecular formula is C11H10F4N2. The average molecular weight is 246 g/mol. The van der Waals surface area contributed by atoms with Crippen LogP contribution in [-0.4, -0.2) is 12.0 Å². The Kier molecular flexibility index (Phi) is 2.82. The van der Waals surface area contributed by atoms with Crippen LogP contribution >= 0.6 is 0 Å². The maximum Gasteiger partial charge on any atom is 0.431 e. The van der Waals surface area contributed by atoms with Gasteiger partial charge < -0.3 is 10.3 Å². The van der Waals surface area contributed by atoms with Gasteiger partial charge in [0.25, 0.3) is 0 Å². The summed E-state index contributed by atoms with van der Waals surface area (Å²) in [5, 5.41) is 3.06. The van der Waals surface area contributed by atoms with Gasteiger partial charge in [-0.05, 0) is 25.2 Å². The van der Waals surface area contributed by atoms with Crippen LogP contribution < -0.4 is 5.32 Å². The van der Waals surface area contributed by atoms with Crippen molar-refractivity contribution in [1.82, 2.24) is 10.3 Å². The van der Waals surface area contributed by atoms with Crippen molar-refractivity contribution in [3.63, 3.8) is 0 Å². The van der Waals surface area contributed by atoms with Crippen LogP contribution in [0.15, 0.2) is 18.2 Å². The topological polar surface area (TPSA) is 27.8 Å². The zero-order valence-corrected chi connectivity index (χ0v) is 8.95. The monoisotopic (exact) mass is 246 g/mol. The normalized spacial score (nSPS) is 12.3. The molecule has 92 valence electrons. The summed E-state index contributed by atoms with van der Waals surface area (Å²) in [6, 6.07) is 3.56. The van der Waals surface area contributed by atoms with Gasteiger partial charge in [0.05, 0.1) is 0 Å². The summed E-state index contributed by atoms with van der Waals surface area (Å²) in [5.74, 6) is -0.566. The van der Waals surface area contributed by atoms with Gasteiger partial charge in [0.1, 0.15) is 11.5 Å². The number of hydrogen-bond acceptors (Lipinski definition) is 1. The molecular weight excluding hydrogens is 236 g/mol. The molecule has 0 atom stereocenters. The summed E-state index contributed by atoms with van der Waals surface area (Å²) >= 11 is 0. The predicted molar refractivity (Wildman–Crippen MR) is 56.0 cm³/mol. The summed E-state index contributed by atoms with van der Waals surface area (Å²) in [4.78, 5) is 2.22. The minimum absolute atomic E-state index is 0.0699. The third kappa shape index (κ3) is 2.12. The van der Waals surface area contributed by atoms with Crippen LogP contribution in [0.25, 0.3) is 10.9 Å². The second-order valence-electron chi connectivity index (χ2n) is 3.70.